The minimum Gasteiger partial charge on any atom is -0.444 e. The minimum absolute atomic E-state index is 0.00900. The molecule has 111 heavy (non-hydrogen) atoms. The first-order valence-corrected chi connectivity index (χ1v) is 39.2. The molecular formula is C80H94BrCl3F4N14O9. The Morgan fingerprint density at radius 2 is 0.838 bits per heavy atom. The van der Waals surface area contributed by atoms with Gasteiger partial charge in [0.15, 0.2) is 0 Å². The van der Waals surface area contributed by atoms with E-state index in [2.05, 4.69) is 65.9 Å². The van der Waals surface area contributed by atoms with Crippen molar-refractivity contribution in [1.82, 2.24) is 54.8 Å². The number of piperazine rings is 4. The van der Waals surface area contributed by atoms with Crippen molar-refractivity contribution < 1.29 is 60.9 Å². The van der Waals surface area contributed by atoms with Gasteiger partial charge in [-0.1, -0.05) is 36.4 Å². The van der Waals surface area contributed by atoms with Crippen LogP contribution in [-0.2, 0) is 41.8 Å². The first kappa shape index (κ1) is 84.8. The number of rotatable bonds is 10. The Hall–Kier alpha value is -8.64. The predicted octanol–water partition coefficient (Wildman–Crippen LogP) is 13.7. The average molecular weight is 1660 g/mol. The van der Waals surface area contributed by atoms with Crippen LogP contribution in [0.5, 0.6) is 0 Å². The molecule has 8 atom stereocenters. The van der Waals surface area contributed by atoms with Crippen LogP contribution >= 0.6 is 50.7 Å². The number of likely N-dealkylation sites (tertiary alicyclic amines) is 4. The second kappa shape index (κ2) is 39.7. The monoisotopic (exact) mass is 1650 g/mol. The Balaban J connectivity index is 0.000000145. The lowest BCUT2D eigenvalue weighted by Gasteiger charge is -2.41. The molecule has 594 valence electrons. The quantitative estimate of drug-likeness (QED) is 0.0559. The molecule has 2 N–H and O–H groups in total. The Morgan fingerprint density at radius 1 is 0.468 bits per heavy atom. The van der Waals surface area contributed by atoms with Crippen molar-refractivity contribution in [2.45, 2.75) is 166 Å². The van der Waals surface area contributed by atoms with E-state index in [1.54, 1.807) is 41.6 Å². The smallest absolute Gasteiger partial charge is 0.410 e. The van der Waals surface area contributed by atoms with Crippen molar-refractivity contribution in [2.24, 2.45) is 0 Å². The van der Waals surface area contributed by atoms with Crippen molar-refractivity contribution in [3.05, 3.63) is 185 Å². The first-order chi connectivity index (χ1) is 53.1. The van der Waals surface area contributed by atoms with E-state index in [4.69, 9.17) is 54.1 Å². The fourth-order valence-electron chi connectivity index (χ4n) is 14.9. The predicted molar refractivity (Wildman–Crippen MR) is 422 cm³/mol. The maximum absolute atomic E-state index is 13.2. The molecule has 8 bridgehead atoms. The molecule has 4 amide bonds. The van der Waals surface area contributed by atoms with Crippen LogP contribution < -0.4 is 20.0 Å². The highest BCUT2D eigenvalue weighted by molar-refractivity contribution is 9.10. The summed E-state index contributed by atoms with van der Waals surface area (Å²) in [5, 5.41) is 14.1. The number of aliphatic hydroxyl groups excluding tert-OH is 1. The van der Waals surface area contributed by atoms with Crippen LogP contribution in [0.4, 0.5) is 44.6 Å². The summed E-state index contributed by atoms with van der Waals surface area (Å²) < 4.78 is 68.4. The molecule has 2 aromatic carbocycles. The standard InChI is InChI=1S/C23H23FN4O2.C16H22FN3O2.C13H15ClFN3O.C11H20N2O2.C10H9NO.C5H3BrFN.C2H2Cl2O/c24-17-6-9-22(26-11-17)28-18-7-8-19(28)13-27(12-18)23(29)15-30-14-16-3-1-5-21-20(16)4-2-10-25-21;1-16(2,3)22-15(21)19-9-12-5-6-13(10-19)20(12)14-7-4-11(17)8-18-14;14-5-13(19)17-7-10-2-3-11(8-17)18(10)12-4-1-9(15)6-16-12;1-11(2,3)15-10(14)13-6-8-4-5-9(7-13)12-8;12-7-8-3-1-5-10-9(8)4-2-6-11-10;6-5-2-1-4(7)3-8-5;3-1-2(4)5/h1-6,9-11,18-19H,7-8,12-15H2;4,7-8,12-13H,5-6,9-10H2,1-3H3;1,4,6,10-11H,2-3,5,7-8H2;8-9,12H,4-7H2,1-3H3;1-6,12H,7H2;1-3H;1H2. The molecule has 8 saturated heterocycles. The summed E-state index contributed by atoms with van der Waals surface area (Å²) in [5.74, 6) is 1.02. The van der Waals surface area contributed by atoms with Gasteiger partial charge in [0.1, 0.15) is 69.0 Å². The highest BCUT2D eigenvalue weighted by atomic mass is 79.9. The lowest BCUT2D eigenvalue weighted by Crippen LogP contribution is -2.56. The molecule has 0 aliphatic carbocycles. The number of hydrogen-bond acceptors (Lipinski definition) is 19. The van der Waals surface area contributed by atoms with Gasteiger partial charge >= 0.3 is 12.2 Å². The minimum atomic E-state index is -0.508. The van der Waals surface area contributed by atoms with Crippen LogP contribution in [0.3, 0.4) is 0 Å². The van der Waals surface area contributed by atoms with E-state index in [0.717, 1.165) is 108 Å². The third-order valence-electron chi connectivity index (χ3n) is 19.6. The first-order valence-electron chi connectivity index (χ1n) is 37.0. The van der Waals surface area contributed by atoms with E-state index in [1.807, 2.05) is 117 Å². The van der Waals surface area contributed by atoms with E-state index in [0.29, 0.717) is 62.6 Å². The highest BCUT2D eigenvalue weighted by Crippen LogP contribution is 2.38. The Labute approximate surface area is 667 Å². The Morgan fingerprint density at radius 3 is 1.19 bits per heavy atom. The van der Waals surface area contributed by atoms with Gasteiger partial charge in [0.2, 0.25) is 17.1 Å². The zero-order valence-corrected chi connectivity index (χ0v) is 66.7. The van der Waals surface area contributed by atoms with Gasteiger partial charge in [0.25, 0.3) is 0 Å². The maximum atomic E-state index is 13.2. The van der Waals surface area contributed by atoms with E-state index in [-0.39, 0.29) is 114 Å². The fraction of sp³-hybridized carbons (Fsp3) is 0.463. The van der Waals surface area contributed by atoms with Crippen LogP contribution in [0.1, 0.15) is 104 Å². The summed E-state index contributed by atoms with van der Waals surface area (Å²) >= 11 is 18.2. The van der Waals surface area contributed by atoms with Crippen LogP contribution in [0.25, 0.3) is 21.8 Å². The normalized spacial score (nSPS) is 21.1. The van der Waals surface area contributed by atoms with Crippen LogP contribution in [-0.4, -0.2) is 214 Å². The number of halogens is 8. The van der Waals surface area contributed by atoms with Gasteiger partial charge in [0.05, 0.1) is 54.9 Å². The number of carbonyl (C=O) groups is 5. The Bertz CT molecular complexity index is 4310. The van der Waals surface area contributed by atoms with Crippen molar-refractivity contribution >= 4 is 119 Å². The SMILES string of the molecule is CC(C)(C)OC(=O)N1CC2CCC(C1)N2.CC(C)(C)OC(=O)N1CC2CCC(C1)N2c1ccc(F)cn1.Fc1ccc(Br)nc1.O=C(CCl)N1CC2CCC(C1)N2c1ccc(F)cn1.O=C(COCc1cccc2ncccc12)N1CC2CCC(C1)N2c1ccc(F)cn1.O=C(Cl)CCl.OCc1cccc2ncccc12. The molecule has 16 rings (SSSR count). The van der Waals surface area contributed by atoms with Gasteiger partial charge in [-0.05, 0) is 204 Å². The van der Waals surface area contributed by atoms with Crippen LogP contribution in [0, 0.1) is 23.3 Å². The topological polar surface area (TPSA) is 245 Å². The number of amides is 4. The number of fused-ring (bicyclic) bond motifs is 10. The molecular weight excluding hydrogens is 1560 g/mol. The van der Waals surface area contributed by atoms with E-state index in [1.165, 1.54) is 55.7 Å². The molecule has 0 saturated carbocycles. The molecule has 8 unspecified atom stereocenters. The Kier molecular flexibility index (Phi) is 30.3. The number of alkyl halides is 2. The van der Waals surface area contributed by atoms with Crippen LogP contribution in [0.15, 0.2) is 151 Å². The van der Waals surface area contributed by atoms with Crippen molar-refractivity contribution in [1.29, 1.82) is 0 Å². The number of aromatic nitrogens is 6. The number of hydrogen-bond donors (Lipinski definition) is 2. The van der Waals surface area contributed by atoms with E-state index < -0.39 is 10.8 Å². The third-order valence-corrected chi connectivity index (χ3v) is 20.8. The number of benzene rings is 2. The van der Waals surface area contributed by atoms with Crippen molar-refractivity contribution in [2.75, 3.05) is 85.4 Å². The second-order valence-electron chi connectivity index (χ2n) is 29.9. The van der Waals surface area contributed by atoms with Crippen molar-refractivity contribution in [3.63, 3.8) is 0 Å². The van der Waals surface area contributed by atoms with Gasteiger partial charge in [-0.3, -0.25) is 24.4 Å². The number of carbonyl (C=O) groups excluding carboxylic acids is 5. The lowest BCUT2D eigenvalue weighted by atomic mass is 10.1. The third kappa shape index (κ3) is 24.2. The molecule has 8 aliphatic heterocycles. The van der Waals surface area contributed by atoms with Gasteiger partial charge < -0.3 is 58.9 Å². The number of pyridine rings is 6. The lowest BCUT2D eigenvalue weighted by molar-refractivity contribution is -0.137. The van der Waals surface area contributed by atoms with E-state index in [9.17, 15) is 41.5 Å². The number of anilines is 3. The molecule has 14 heterocycles. The van der Waals surface area contributed by atoms with Gasteiger partial charge in [-0.15, -0.1) is 23.2 Å². The zero-order valence-electron chi connectivity index (χ0n) is 62.9. The molecule has 31 heteroatoms. The fourth-order valence-corrected chi connectivity index (χ4v) is 15.3. The summed E-state index contributed by atoms with van der Waals surface area (Å²) in [7, 11) is 0. The largest absolute Gasteiger partial charge is 0.444 e. The van der Waals surface area contributed by atoms with Gasteiger partial charge in [-0.2, -0.15) is 0 Å². The molecule has 0 radical (unpaired) electrons. The summed E-state index contributed by atoms with van der Waals surface area (Å²) in [6, 6.07) is 34.2. The summed E-state index contributed by atoms with van der Waals surface area (Å²) in [5.41, 5.74) is 2.95. The second-order valence-corrected chi connectivity index (χ2v) is 31.7. The van der Waals surface area contributed by atoms with Crippen LogP contribution in [0.2, 0.25) is 0 Å². The summed E-state index contributed by atoms with van der Waals surface area (Å²) in [6.07, 6.45) is 16.5. The van der Waals surface area contributed by atoms with Gasteiger partial charge in [-0.25, -0.2) is 47.1 Å². The molecule has 23 nitrogen and oxygen atoms in total. The molecule has 8 fully saturated rings. The number of nitrogens with one attached hydrogen (secondary N) is 1. The van der Waals surface area contributed by atoms with Crippen molar-refractivity contribution in [3.8, 4) is 0 Å². The number of aliphatic hydroxyl groups is 1. The maximum Gasteiger partial charge on any atom is 0.410 e. The molecule has 8 aromatic rings. The zero-order chi connectivity index (χ0) is 79.5. The highest BCUT2D eigenvalue weighted by Gasteiger charge is 2.45. The number of nitrogens with zero attached hydrogens (tertiary/aromatic N) is 13. The van der Waals surface area contributed by atoms with E-state index >= 15 is 0 Å². The summed E-state index contributed by atoms with van der Waals surface area (Å²) in [6.45, 7) is 17.4. The molecule has 8 aliphatic rings. The average Bonchev–Trinajstić information content (AvgIpc) is 1.72. The molecule has 6 aromatic heterocycles. The summed E-state index contributed by atoms with van der Waals surface area (Å²) in [4.78, 5) is 96.7. The van der Waals surface area contributed by atoms with Gasteiger partial charge in [0, 0.05) is 124 Å². The molecule has 0 spiro atoms. The number of ether oxygens (including phenoxy) is 3.